The molecule has 3 amide bonds. The molecule has 3 aromatic rings. The molecule has 1 aromatic carbocycles. The number of nitrogens with zero attached hydrogens (tertiary/aromatic N) is 3. The minimum absolute atomic E-state index is 0.0866. The number of imide groups is 1. The summed E-state index contributed by atoms with van der Waals surface area (Å²) >= 11 is 3.83. The van der Waals surface area contributed by atoms with Gasteiger partial charge in [0, 0.05) is 28.8 Å². The van der Waals surface area contributed by atoms with Gasteiger partial charge in [0.15, 0.2) is 0 Å². The Kier molecular flexibility index (Phi) is 5.87. The number of benzene rings is 1. The van der Waals surface area contributed by atoms with E-state index < -0.39 is 17.1 Å². The van der Waals surface area contributed by atoms with Crippen molar-refractivity contribution >= 4 is 57.8 Å². The molecule has 2 aromatic heterocycles. The number of anilines is 1. The summed E-state index contributed by atoms with van der Waals surface area (Å²) in [4.78, 5) is 57.8. The zero-order valence-corrected chi connectivity index (χ0v) is 20.9. The van der Waals surface area contributed by atoms with Crippen LogP contribution >= 0.6 is 34.4 Å². The van der Waals surface area contributed by atoms with E-state index in [1.807, 2.05) is 23.6 Å². The topological polar surface area (TPSA) is 88.9 Å². The highest BCUT2D eigenvalue weighted by molar-refractivity contribution is 8.00. The number of morpholine rings is 1. The van der Waals surface area contributed by atoms with E-state index in [2.05, 4.69) is 0 Å². The molecule has 180 valence electrons. The van der Waals surface area contributed by atoms with E-state index in [0.717, 1.165) is 21.1 Å². The molecule has 5 heterocycles. The van der Waals surface area contributed by atoms with Gasteiger partial charge in [-0.1, -0.05) is 47.4 Å². The average molecular weight is 528 g/mol. The first kappa shape index (κ1) is 22.7. The summed E-state index contributed by atoms with van der Waals surface area (Å²) < 4.78 is 6.82. The number of hydrogen-bond donors (Lipinski definition) is 0. The van der Waals surface area contributed by atoms with Gasteiger partial charge in [-0.25, -0.2) is 4.90 Å². The lowest BCUT2D eigenvalue weighted by Gasteiger charge is -2.30. The highest BCUT2D eigenvalue weighted by Gasteiger charge is 2.57. The van der Waals surface area contributed by atoms with Gasteiger partial charge in [-0.15, -0.1) is 11.3 Å². The molecule has 3 atom stereocenters. The molecule has 2 saturated heterocycles. The molecule has 35 heavy (non-hydrogen) atoms. The van der Waals surface area contributed by atoms with E-state index >= 15 is 0 Å². The van der Waals surface area contributed by atoms with E-state index in [4.69, 9.17) is 4.74 Å². The largest absolute Gasteiger partial charge is 0.378 e. The Balaban J connectivity index is 1.41. The van der Waals surface area contributed by atoms with Crippen LogP contribution in [0.15, 0.2) is 57.7 Å². The number of thiazole rings is 1. The van der Waals surface area contributed by atoms with Gasteiger partial charge in [-0.05, 0) is 23.6 Å². The number of fused-ring (bicyclic) bond motifs is 2. The number of aromatic nitrogens is 1. The van der Waals surface area contributed by atoms with Crippen molar-refractivity contribution in [1.82, 2.24) is 9.47 Å². The maximum absolute atomic E-state index is 13.7. The van der Waals surface area contributed by atoms with Crippen molar-refractivity contribution in [2.24, 2.45) is 5.92 Å². The van der Waals surface area contributed by atoms with E-state index in [1.165, 1.54) is 32.6 Å². The fourth-order valence-corrected chi connectivity index (χ4v) is 8.63. The van der Waals surface area contributed by atoms with Crippen molar-refractivity contribution in [3.63, 3.8) is 0 Å². The lowest BCUT2D eigenvalue weighted by molar-refractivity contribution is -0.136. The molecular weight excluding hydrogens is 506 g/mol. The summed E-state index contributed by atoms with van der Waals surface area (Å²) in [6.07, 6.45) is 0. The first-order chi connectivity index (χ1) is 17.0. The second-order valence-electron chi connectivity index (χ2n) is 8.52. The summed E-state index contributed by atoms with van der Waals surface area (Å²) in [6.45, 7) is 1.86. The monoisotopic (exact) mass is 527 g/mol. The Morgan fingerprint density at radius 2 is 1.77 bits per heavy atom. The van der Waals surface area contributed by atoms with Crippen LogP contribution in [0.1, 0.15) is 15.7 Å². The summed E-state index contributed by atoms with van der Waals surface area (Å²) in [7, 11) is 0. The van der Waals surface area contributed by atoms with Gasteiger partial charge in [0.2, 0.25) is 17.7 Å². The normalized spacial score (nSPS) is 23.9. The van der Waals surface area contributed by atoms with Crippen LogP contribution in [-0.2, 0) is 25.7 Å². The van der Waals surface area contributed by atoms with Gasteiger partial charge >= 0.3 is 4.87 Å². The molecule has 6 rings (SSSR count). The molecule has 0 N–H and O–H groups in total. The molecule has 0 spiro atoms. The Morgan fingerprint density at radius 3 is 2.49 bits per heavy atom. The first-order valence-electron chi connectivity index (χ1n) is 11.3. The standard InChI is InChI=1S/C24H21N3O5S3/c28-16(25-8-10-32-11-9-25)13-26-23-20(35-24(26)31)17(15-7-4-12-33-15)18-19(34-23)22(30)27(21(18)29)14-5-2-1-3-6-14/h1-7,12,17-19H,8-11,13H2/t17-,18?,19?/m1/s1. The minimum Gasteiger partial charge on any atom is -0.378 e. The molecule has 11 heteroatoms. The van der Waals surface area contributed by atoms with Crippen LogP contribution in [0.3, 0.4) is 0 Å². The van der Waals surface area contributed by atoms with Crippen LogP contribution in [0, 0.1) is 5.92 Å². The Bertz CT molecular complexity index is 1340. The summed E-state index contributed by atoms with van der Waals surface area (Å²) in [5.74, 6) is -1.70. The fraction of sp³-hybridized carbons (Fsp3) is 0.333. The van der Waals surface area contributed by atoms with Crippen LogP contribution in [0.2, 0.25) is 0 Å². The van der Waals surface area contributed by atoms with Gasteiger partial charge in [0.05, 0.1) is 29.8 Å². The maximum Gasteiger partial charge on any atom is 0.308 e. The molecule has 0 radical (unpaired) electrons. The fourth-order valence-electron chi connectivity index (χ4n) is 4.91. The smallest absolute Gasteiger partial charge is 0.308 e. The highest BCUT2D eigenvalue weighted by atomic mass is 32.2. The second-order valence-corrected chi connectivity index (χ2v) is 11.6. The Hall–Kier alpha value is -2.73. The molecule has 3 aliphatic rings. The third-order valence-electron chi connectivity index (χ3n) is 6.57. The van der Waals surface area contributed by atoms with E-state index in [9.17, 15) is 19.2 Å². The number of para-hydroxylation sites is 1. The van der Waals surface area contributed by atoms with Crippen LogP contribution < -0.4 is 9.77 Å². The third-order valence-corrected chi connectivity index (χ3v) is 10.1. The third kappa shape index (κ3) is 3.77. The van der Waals surface area contributed by atoms with E-state index in [-0.39, 0.29) is 29.1 Å². The van der Waals surface area contributed by atoms with Crippen LogP contribution in [0.5, 0.6) is 0 Å². The lowest BCUT2D eigenvalue weighted by Crippen LogP contribution is -2.43. The molecule has 2 fully saturated rings. The number of carbonyl (C=O) groups excluding carboxylic acids is 3. The van der Waals surface area contributed by atoms with E-state index in [1.54, 1.807) is 29.2 Å². The second kappa shape index (κ2) is 9.05. The van der Waals surface area contributed by atoms with Gasteiger partial charge < -0.3 is 9.64 Å². The summed E-state index contributed by atoms with van der Waals surface area (Å²) in [5.41, 5.74) is 0.547. The van der Waals surface area contributed by atoms with Crippen LogP contribution in [0.4, 0.5) is 5.69 Å². The van der Waals surface area contributed by atoms with Crippen molar-refractivity contribution in [3.8, 4) is 0 Å². The number of carbonyl (C=O) groups is 3. The number of ether oxygens (including phenoxy) is 1. The van der Waals surface area contributed by atoms with E-state index in [0.29, 0.717) is 37.0 Å². The number of amides is 3. The zero-order chi connectivity index (χ0) is 24.1. The van der Waals surface area contributed by atoms with Crippen molar-refractivity contribution in [2.45, 2.75) is 22.7 Å². The first-order valence-corrected chi connectivity index (χ1v) is 13.8. The zero-order valence-electron chi connectivity index (χ0n) is 18.5. The van der Waals surface area contributed by atoms with Crippen molar-refractivity contribution in [1.29, 1.82) is 0 Å². The lowest BCUT2D eigenvalue weighted by atomic mass is 9.87. The molecular formula is C24H21N3O5S3. The minimum atomic E-state index is -0.666. The maximum atomic E-state index is 13.7. The summed E-state index contributed by atoms with van der Waals surface area (Å²) in [5, 5.41) is 1.89. The van der Waals surface area contributed by atoms with Crippen LogP contribution in [0.25, 0.3) is 0 Å². The number of hydrogen-bond acceptors (Lipinski definition) is 8. The molecule has 0 bridgehead atoms. The van der Waals surface area contributed by atoms with Crippen molar-refractivity contribution in [3.05, 3.63) is 67.3 Å². The molecule has 2 unspecified atom stereocenters. The number of thiophene rings is 1. The van der Waals surface area contributed by atoms with Gasteiger partial charge in [0.25, 0.3) is 0 Å². The number of thioether (sulfide) groups is 1. The van der Waals surface area contributed by atoms with Crippen LogP contribution in [-0.4, -0.2) is 58.7 Å². The molecule has 0 aliphatic carbocycles. The summed E-state index contributed by atoms with van der Waals surface area (Å²) in [6, 6.07) is 12.8. The average Bonchev–Trinajstić information content (AvgIpc) is 3.58. The van der Waals surface area contributed by atoms with Crippen molar-refractivity contribution in [2.75, 3.05) is 31.2 Å². The molecule has 0 saturated carbocycles. The highest BCUT2D eigenvalue weighted by Crippen LogP contribution is 2.54. The number of rotatable bonds is 4. The predicted octanol–water partition coefficient (Wildman–Crippen LogP) is 2.63. The molecule has 3 aliphatic heterocycles. The van der Waals surface area contributed by atoms with Gasteiger partial charge in [0.1, 0.15) is 11.8 Å². The Morgan fingerprint density at radius 1 is 1.00 bits per heavy atom. The van der Waals surface area contributed by atoms with Gasteiger partial charge in [-0.2, -0.15) is 0 Å². The SMILES string of the molecule is O=C(Cn1c2c(sc1=O)[C@H](c1cccs1)C1C(=O)N(c3ccccc3)C(=O)C1S2)N1CCOCC1. The van der Waals surface area contributed by atoms with Gasteiger partial charge in [-0.3, -0.25) is 23.7 Å². The molecule has 8 nitrogen and oxygen atoms in total. The Labute approximate surface area is 213 Å². The van der Waals surface area contributed by atoms with Crippen molar-refractivity contribution < 1.29 is 19.1 Å². The predicted molar refractivity (Wildman–Crippen MR) is 134 cm³/mol. The quantitative estimate of drug-likeness (QED) is 0.485.